The Balaban J connectivity index is 0.00000433. The van der Waals surface area contributed by atoms with Crippen molar-refractivity contribution >= 4 is 31.3 Å². The van der Waals surface area contributed by atoms with Gasteiger partial charge in [0.05, 0.1) is 23.2 Å². The Morgan fingerprint density at radius 3 is 2.51 bits per heavy atom. The number of carbonyl (C=O) groups excluding carboxylic acids is 2. The minimum Gasteiger partial charge on any atom is -0.404 e. The van der Waals surface area contributed by atoms with E-state index in [1.807, 2.05) is 0 Å². The van der Waals surface area contributed by atoms with Crippen molar-refractivity contribution in [1.29, 1.82) is 0 Å². The predicted molar refractivity (Wildman–Crippen MR) is 177 cm³/mol. The summed E-state index contributed by atoms with van der Waals surface area (Å²) in [6.07, 6.45) is 1.45. The Bertz CT molecular complexity index is 1460. The predicted octanol–water partition coefficient (Wildman–Crippen LogP) is 6.20. The van der Waals surface area contributed by atoms with E-state index in [9.17, 15) is 22.8 Å². The molecule has 2 aromatic carbocycles. The second kappa shape index (κ2) is 13.7. The fourth-order valence-corrected chi connectivity index (χ4v) is 8.49. The van der Waals surface area contributed by atoms with Crippen molar-refractivity contribution in [3.63, 3.8) is 0 Å². The van der Waals surface area contributed by atoms with Crippen LogP contribution in [0.2, 0.25) is 0 Å². The van der Waals surface area contributed by atoms with Crippen LogP contribution < -0.4 is 11.1 Å². The molecule has 3 N–H and O–H groups in total. The molecule has 3 aliphatic carbocycles. The zero-order valence-corrected chi connectivity index (χ0v) is 28.2. The third kappa shape index (κ3) is 6.96. The number of hydrogen-bond acceptors (Lipinski definition) is 5. The Hall–Kier alpha value is -2.60. The van der Waals surface area contributed by atoms with Gasteiger partial charge in [-0.15, -0.1) is 12.4 Å². The molecule has 2 aromatic rings. The highest BCUT2D eigenvalue weighted by Crippen LogP contribution is 2.65. The number of nitrogens with two attached hydrogens (primary N) is 1. The summed E-state index contributed by atoms with van der Waals surface area (Å²) in [4.78, 5) is 29.2. The molecule has 2 bridgehead atoms. The number of halogens is 4. The first-order valence-electron chi connectivity index (χ1n) is 16.7. The molecule has 2 heterocycles. The molecule has 7 nitrogen and oxygen atoms in total. The minimum absolute atomic E-state index is 0. The third-order valence-corrected chi connectivity index (χ3v) is 11.2. The standard InChI is InChI=1S/C35H45BF3N3O4.ClH/c1-33(2)26-20-28(33)34(3)29(21-26)45-36(46-34)30(14-4-5-15-40)41-31(43)27-13-8-16-42(27)32(44)24-11-6-9-22(18-24)17-23-10-7-12-25(19-23)35(37,38)39;/h6-7,9-12,18-19,26-30H,4-5,8,13-17,20-21,40H2,1-3H3,(H,41,43);1H/t26-,27-,28-,29+,30-,34-;/m0./s1. The largest absolute Gasteiger partial charge is 0.481 e. The van der Waals surface area contributed by atoms with E-state index in [-0.39, 0.29) is 48.1 Å². The van der Waals surface area contributed by atoms with E-state index < -0.39 is 30.5 Å². The van der Waals surface area contributed by atoms with E-state index in [1.54, 1.807) is 35.2 Å². The van der Waals surface area contributed by atoms with Crippen LogP contribution in [0, 0.1) is 17.3 Å². The van der Waals surface area contributed by atoms with Crippen LogP contribution in [0.15, 0.2) is 48.5 Å². The number of alkyl halides is 3. The van der Waals surface area contributed by atoms with Crippen LogP contribution in [0.4, 0.5) is 13.2 Å². The SMILES string of the molecule is CC1(C)[C@@H]2C[C@H]3OB([C@H](CCCCN)NC(=O)[C@@H]4CCCN4C(=O)c4cccc(Cc5cccc(C(F)(F)F)c5)c4)O[C@@]3(C)[C@H]1C2.Cl. The summed E-state index contributed by atoms with van der Waals surface area (Å²) in [7, 11) is -0.565. The zero-order valence-electron chi connectivity index (χ0n) is 27.4. The molecule has 5 fully saturated rings. The Morgan fingerprint density at radius 2 is 1.81 bits per heavy atom. The number of rotatable bonds is 10. The maximum absolute atomic E-state index is 13.8. The van der Waals surface area contributed by atoms with Gasteiger partial charge in [-0.25, -0.2) is 0 Å². The fraction of sp³-hybridized carbons (Fsp3) is 0.600. The summed E-state index contributed by atoms with van der Waals surface area (Å²) in [5.74, 6) is 0.166. The molecule has 2 saturated heterocycles. The molecule has 2 aliphatic heterocycles. The number of likely N-dealkylation sites (tertiary alicyclic amines) is 1. The van der Waals surface area contributed by atoms with Crippen LogP contribution in [0.3, 0.4) is 0 Å². The molecule has 12 heteroatoms. The van der Waals surface area contributed by atoms with Crippen molar-refractivity contribution < 1.29 is 32.1 Å². The van der Waals surface area contributed by atoms with Gasteiger partial charge in [-0.2, -0.15) is 13.2 Å². The number of nitrogens with one attached hydrogen (secondary N) is 1. The van der Waals surface area contributed by atoms with Crippen molar-refractivity contribution in [2.75, 3.05) is 13.1 Å². The lowest BCUT2D eigenvalue weighted by Gasteiger charge is -2.64. The van der Waals surface area contributed by atoms with Crippen molar-refractivity contribution in [2.45, 2.75) is 102 Å². The number of carbonyl (C=O) groups is 2. The molecule has 256 valence electrons. The van der Waals surface area contributed by atoms with E-state index in [0.717, 1.165) is 43.4 Å². The van der Waals surface area contributed by atoms with Crippen LogP contribution in [-0.2, 0) is 26.7 Å². The van der Waals surface area contributed by atoms with Crippen molar-refractivity contribution in [3.05, 3.63) is 70.8 Å². The summed E-state index contributed by atoms with van der Waals surface area (Å²) >= 11 is 0. The highest BCUT2D eigenvalue weighted by Gasteiger charge is 2.68. The summed E-state index contributed by atoms with van der Waals surface area (Å²) in [6, 6.07) is 11.5. The molecule has 47 heavy (non-hydrogen) atoms. The van der Waals surface area contributed by atoms with Crippen molar-refractivity contribution in [2.24, 2.45) is 23.0 Å². The van der Waals surface area contributed by atoms with Crippen LogP contribution in [0.1, 0.15) is 92.8 Å². The zero-order chi connectivity index (χ0) is 32.9. The van der Waals surface area contributed by atoms with Crippen LogP contribution in [0.25, 0.3) is 0 Å². The molecule has 2 amide bonds. The lowest BCUT2D eigenvalue weighted by Crippen LogP contribution is -2.65. The molecule has 5 aliphatic rings. The lowest BCUT2D eigenvalue weighted by atomic mass is 9.43. The van der Waals surface area contributed by atoms with Gasteiger partial charge in [0.1, 0.15) is 6.04 Å². The van der Waals surface area contributed by atoms with Gasteiger partial charge in [-0.3, -0.25) is 9.59 Å². The molecule has 3 saturated carbocycles. The van der Waals surface area contributed by atoms with Gasteiger partial charge >= 0.3 is 13.3 Å². The lowest BCUT2D eigenvalue weighted by molar-refractivity contribution is -0.199. The third-order valence-electron chi connectivity index (χ3n) is 11.2. The topological polar surface area (TPSA) is 93.9 Å². The van der Waals surface area contributed by atoms with Gasteiger partial charge in [-0.1, -0.05) is 50.6 Å². The highest BCUT2D eigenvalue weighted by atomic mass is 35.5. The molecule has 0 unspecified atom stereocenters. The van der Waals surface area contributed by atoms with Gasteiger partial charge in [0.25, 0.3) is 5.91 Å². The van der Waals surface area contributed by atoms with Gasteiger partial charge in [0, 0.05) is 12.1 Å². The van der Waals surface area contributed by atoms with E-state index in [0.29, 0.717) is 55.3 Å². The molecule has 0 spiro atoms. The number of unbranched alkanes of at least 4 members (excludes halogenated alkanes) is 1. The van der Waals surface area contributed by atoms with E-state index in [1.165, 1.54) is 6.07 Å². The van der Waals surface area contributed by atoms with Gasteiger partial charge < -0.3 is 25.3 Å². The fourth-order valence-electron chi connectivity index (χ4n) is 8.49. The second-order valence-corrected chi connectivity index (χ2v) is 14.5. The molecule has 6 atom stereocenters. The second-order valence-electron chi connectivity index (χ2n) is 14.5. The molecule has 0 aromatic heterocycles. The first-order valence-corrected chi connectivity index (χ1v) is 16.7. The Labute approximate surface area is 282 Å². The minimum atomic E-state index is -4.42. The number of amides is 2. The monoisotopic (exact) mass is 675 g/mol. The summed E-state index contributed by atoms with van der Waals surface area (Å²) in [6.45, 7) is 7.80. The van der Waals surface area contributed by atoms with Crippen molar-refractivity contribution in [3.8, 4) is 0 Å². The quantitative estimate of drug-likeness (QED) is 0.231. The molecular formula is C35H46BClF3N3O4. The van der Waals surface area contributed by atoms with Crippen molar-refractivity contribution in [1.82, 2.24) is 10.2 Å². The van der Waals surface area contributed by atoms with Crippen LogP contribution in [0.5, 0.6) is 0 Å². The summed E-state index contributed by atoms with van der Waals surface area (Å²) < 4.78 is 52.9. The molecular weight excluding hydrogens is 630 g/mol. The first kappa shape index (κ1) is 35.7. The highest BCUT2D eigenvalue weighted by molar-refractivity contribution is 6.48. The number of benzene rings is 2. The Morgan fingerprint density at radius 1 is 1.09 bits per heavy atom. The average Bonchev–Trinajstić information content (AvgIpc) is 3.65. The average molecular weight is 676 g/mol. The summed E-state index contributed by atoms with van der Waals surface area (Å²) in [5, 5.41) is 3.22. The Kier molecular flexibility index (Phi) is 10.4. The van der Waals surface area contributed by atoms with E-state index in [2.05, 4.69) is 26.1 Å². The van der Waals surface area contributed by atoms with Crippen LogP contribution >= 0.6 is 12.4 Å². The smallest absolute Gasteiger partial charge is 0.404 e. The maximum Gasteiger partial charge on any atom is 0.481 e. The van der Waals surface area contributed by atoms with Gasteiger partial charge in [0.15, 0.2) is 0 Å². The summed E-state index contributed by atoms with van der Waals surface area (Å²) in [5.41, 5.74) is 6.52. The van der Waals surface area contributed by atoms with E-state index >= 15 is 0 Å². The number of nitrogens with zero attached hydrogens (tertiary/aromatic N) is 1. The van der Waals surface area contributed by atoms with Gasteiger partial charge in [0.2, 0.25) is 5.91 Å². The van der Waals surface area contributed by atoms with Gasteiger partial charge in [-0.05, 0) is 105 Å². The first-order chi connectivity index (χ1) is 21.8. The normalized spacial score (nSPS) is 28.2. The number of hydrogen-bond donors (Lipinski definition) is 2. The molecule has 0 radical (unpaired) electrons. The van der Waals surface area contributed by atoms with Crippen LogP contribution in [-0.4, -0.2) is 60.6 Å². The maximum atomic E-state index is 13.8. The van der Waals surface area contributed by atoms with E-state index in [4.69, 9.17) is 15.0 Å². The molecule has 7 rings (SSSR count).